The first kappa shape index (κ1) is 12.8. The van der Waals surface area contributed by atoms with E-state index in [2.05, 4.69) is 4.74 Å². The highest BCUT2D eigenvalue weighted by atomic mass is 32.2. The quantitative estimate of drug-likeness (QED) is 0.624. The number of aliphatic hydroxyl groups is 1. The van der Waals surface area contributed by atoms with Crippen molar-refractivity contribution >= 4 is 17.7 Å². The molecule has 0 saturated carbocycles. The van der Waals surface area contributed by atoms with Crippen LogP contribution in [0.25, 0.3) is 0 Å². The molecule has 0 amide bonds. The average Bonchev–Trinajstić information content (AvgIpc) is 2.28. The Kier molecular flexibility index (Phi) is 4.14. The molecule has 1 atom stereocenters. The van der Waals surface area contributed by atoms with Crippen LogP contribution in [0.3, 0.4) is 0 Å². The van der Waals surface area contributed by atoms with Crippen molar-refractivity contribution in [1.82, 2.24) is 0 Å². The minimum Gasteiger partial charge on any atom is -0.507 e. The van der Waals surface area contributed by atoms with Crippen LogP contribution >= 0.6 is 11.8 Å². The Morgan fingerprint density at radius 3 is 2.69 bits per heavy atom. The van der Waals surface area contributed by atoms with E-state index in [1.807, 2.05) is 0 Å². The fourth-order valence-electron chi connectivity index (χ4n) is 1.21. The number of phenols is 1. The minimum atomic E-state index is -1.68. The van der Waals surface area contributed by atoms with Gasteiger partial charge >= 0.3 is 5.97 Å². The zero-order chi connectivity index (χ0) is 12.3. The number of halogens is 1. The summed E-state index contributed by atoms with van der Waals surface area (Å²) in [6.45, 7) is 0. The molecular weight excluding hydrogens is 235 g/mol. The lowest BCUT2D eigenvalue weighted by molar-refractivity contribution is -0.150. The number of esters is 1. The minimum absolute atomic E-state index is 0.0135. The zero-order valence-electron chi connectivity index (χ0n) is 8.73. The normalized spacial score (nSPS) is 12.2. The van der Waals surface area contributed by atoms with Gasteiger partial charge in [-0.3, -0.25) is 0 Å². The third kappa shape index (κ3) is 2.28. The van der Waals surface area contributed by atoms with Gasteiger partial charge in [0, 0.05) is 5.56 Å². The van der Waals surface area contributed by atoms with E-state index in [1.165, 1.54) is 6.07 Å². The van der Waals surface area contributed by atoms with E-state index in [0.29, 0.717) is 0 Å². The molecule has 0 spiro atoms. The van der Waals surface area contributed by atoms with Gasteiger partial charge in [-0.15, -0.1) is 11.8 Å². The highest BCUT2D eigenvalue weighted by Crippen LogP contribution is 2.33. The summed E-state index contributed by atoms with van der Waals surface area (Å²) in [7, 11) is 1.10. The largest absolute Gasteiger partial charge is 0.507 e. The van der Waals surface area contributed by atoms with Crippen molar-refractivity contribution in [2.24, 2.45) is 0 Å². The van der Waals surface area contributed by atoms with Gasteiger partial charge in [-0.2, -0.15) is 0 Å². The number of aliphatic hydroxyl groups excluding tert-OH is 1. The molecule has 0 bridgehead atoms. The van der Waals surface area contributed by atoms with Crippen LogP contribution < -0.4 is 0 Å². The molecule has 4 nitrogen and oxygen atoms in total. The Bertz CT molecular complexity index is 408. The van der Waals surface area contributed by atoms with E-state index in [0.717, 1.165) is 24.9 Å². The zero-order valence-corrected chi connectivity index (χ0v) is 9.55. The molecule has 0 saturated heterocycles. The van der Waals surface area contributed by atoms with Gasteiger partial charge in [-0.05, 0) is 18.4 Å². The monoisotopic (exact) mass is 246 g/mol. The third-order valence-electron chi connectivity index (χ3n) is 2.03. The number of rotatable bonds is 3. The Balaban J connectivity index is 3.20. The van der Waals surface area contributed by atoms with E-state index in [4.69, 9.17) is 0 Å². The molecule has 0 aliphatic carbocycles. The van der Waals surface area contributed by atoms with Crippen molar-refractivity contribution in [2.45, 2.75) is 11.0 Å². The lowest BCUT2D eigenvalue weighted by Gasteiger charge is -2.12. The van der Waals surface area contributed by atoms with Crippen molar-refractivity contribution < 1.29 is 24.1 Å². The van der Waals surface area contributed by atoms with Crippen LogP contribution in [0.2, 0.25) is 0 Å². The molecule has 1 rings (SSSR count). The number of hydrogen-bond acceptors (Lipinski definition) is 5. The SMILES string of the molecule is COC(=O)C(O)c1ccc(O)c(SC)c1F. The van der Waals surface area contributed by atoms with Gasteiger partial charge in [-0.1, -0.05) is 0 Å². The van der Waals surface area contributed by atoms with E-state index in [1.54, 1.807) is 6.26 Å². The van der Waals surface area contributed by atoms with Gasteiger partial charge in [0.2, 0.25) is 0 Å². The summed E-state index contributed by atoms with van der Waals surface area (Å²) >= 11 is 0.985. The van der Waals surface area contributed by atoms with Gasteiger partial charge < -0.3 is 14.9 Å². The first-order valence-corrected chi connectivity index (χ1v) is 5.56. The molecule has 0 fully saturated rings. The molecule has 0 heterocycles. The van der Waals surface area contributed by atoms with E-state index in [-0.39, 0.29) is 16.2 Å². The summed E-state index contributed by atoms with van der Waals surface area (Å²) in [4.78, 5) is 11.0. The second-order valence-electron chi connectivity index (χ2n) is 2.95. The molecule has 2 N–H and O–H groups in total. The second-order valence-corrected chi connectivity index (χ2v) is 3.76. The summed E-state index contributed by atoms with van der Waals surface area (Å²) in [6, 6.07) is 2.36. The van der Waals surface area contributed by atoms with Crippen molar-refractivity contribution in [3.63, 3.8) is 0 Å². The number of methoxy groups -OCH3 is 1. The number of thioether (sulfide) groups is 1. The number of benzene rings is 1. The maximum Gasteiger partial charge on any atom is 0.339 e. The molecule has 0 aromatic heterocycles. The number of aromatic hydroxyl groups is 1. The van der Waals surface area contributed by atoms with E-state index in [9.17, 15) is 19.4 Å². The molecule has 0 aliphatic rings. The topological polar surface area (TPSA) is 66.8 Å². The van der Waals surface area contributed by atoms with Crippen LogP contribution in [0.5, 0.6) is 5.75 Å². The van der Waals surface area contributed by atoms with Crippen LogP contribution in [-0.2, 0) is 9.53 Å². The summed E-state index contributed by atoms with van der Waals surface area (Å²) in [6.07, 6.45) is -0.108. The fraction of sp³-hybridized carbons (Fsp3) is 0.300. The van der Waals surface area contributed by atoms with Crippen LogP contribution in [0, 0.1) is 5.82 Å². The van der Waals surface area contributed by atoms with Crippen LogP contribution in [-0.4, -0.2) is 29.5 Å². The maximum absolute atomic E-state index is 13.7. The number of ether oxygens (including phenoxy) is 1. The van der Waals surface area contributed by atoms with Crippen LogP contribution in [0.1, 0.15) is 11.7 Å². The smallest absolute Gasteiger partial charge is 0.339 e. The highest BCUT2D eigenvalue weighted by molar-refractivity contribution is 7.98. The Labute approximate surface area is 96.0 Å². The van der Waals surface area contributed by atoms with Gasteiger partial charge in [-0.25, -0.2) is 9.18 Å². The predicted molar refractivity (Wildman–Crippen MR) is 56.8 cm³/mol. The standard InChI is InChI=1S/C10H11FO4S/c1-15-10(14)8(13)5-3-4-6(12)9(16-2)7(5)11/h3-4,8,12-13H,1-2H3. The van der Waals surface area contributed by atoms with Gasteiger partial charge in [0.05, 0.1) is 12.0 Å². The van der Waals surface area contributed by atoms with Crippen LogP contribution in [0.4, 0.5) is 4.39 Å². The fourth-order valence-corrected chi connectivity index (χ4v) is 1.78. The summed E-state index contributed by atoms with van der Waals surface area (Å²) < 4.78 is 18.0. The molecule has 6 heteroatoms. The van der Waals surface area contributed by atoms with E-state index >= 15 is 0 Å². The van der Waals surface area contributed by atoms with Gasteiger partial charge in [0.1, 0.15) is 11.6 Å². The van der Waals surface area contributed by atoms with Gasteiger partial charge in [0.15, 0.2) is 6.10 Å². The van der Waals surface area contributed by atoms with Crippen molar-refractivity contribution in [3.8, 4) is 5.75 Å². The molecule has 16 heavy (non-hydrogen) atoms. The lowest BCUT2D eigenvalue weighted by atomic mass is 10.1. The predicted octanol–water partition coefficient (Wildman–Crippen LogP) is 1.46. The van der Waals surface area contributed by atoms with E-state index < -0.39 is 17.9 Å². The Morgan fingerprint density at radius 1 is 1.56 bits per heavy atom. The molecule has 1 aromatic carbocycles. The summed E-state index contributed by atoms with van der Waals surface area (Å²) in [5, 5.41) is 18.8. The molecule has 88 valence electrons. The Hall–Kier alpha value is -1.27. The highest BCUT2D eigenvalue weighted by Gasteiger charge is 2.24. The maximum atomic E-state index is 13.7. The molecule has 0 aliphatic heterocycles. The summed E-state index contributed by atoms with van der Waals surface area (Å²) in [5.41, 5.74) is -0.214. The molecule has 1 unspecified atom stereocenters. The van der Waals surface area contributed by atoms with Gasteiger partial charge in [0.25, 0.3) is 0 Å². The number of carbonyl (C=O) groups excluding carboxylic acids is 1. The first-order chi connectivity index (χ1) is 7.52. The average molecular weight is 246 g/mol. The second kappa shape index (κ2) is 5.18. The van der Waals surface area contributed by atoms with Crippen molar-refractivity contribution in [1.29, 1.82) is 0 Å². The first-order valence-electron chi connectivity index (χ1n) is 4.34. The molecule has 0 radical (unpaired) electrons. The molecular formula is C10H11FO4S. The van der Waals surface area contributed by atoms with Crippen LogP contribution in [0.15, 0.2) is 17.0 Å². The Morgan fingerprint density at radius 2 is 2.19 bits per heavy atom. The number of carbonyl (C=O) groups is 1. The number of phenolic OH excluding ortho intramolecular Hbond substituents is 1. The third-order valence-corrected chi connectivity index (χ3v) is 2.83. The molecule has 1 aromatic rings. The number of hydrogen-bond donors (Lipinski definition) is 2. The lowest BCUT2D eigenvalue weighted by Crippen LogP contribution is -2.15. The van der Waals surface area contributed by atoms with Crippen molar-refractivity contribution in [2.75, 3.05) is 13.4 Å². The van der Waals surface area contributed by atoms with Crippen molar-refractivity contribution in [3.05, 3.63) is 23.5 Å². The summed E-state index contributed by atoms with van der Waals surface area (Å²) in [5.74, 6) is -1.99.